The molecule has 0 amide bonds. The molecule has 0 saturated heterocycles. The Hall–Kier alpha value is -1.17. The van der Waals surface area contributed by atoms with Crippen molar-refractivity contribution in [3.63, 3.8) is 0 Å². The fourth-order valence-corrected chi connectivity index (χ4v) is 1.08. The van der Waals surface area contributed by atoms with Gasteiger partial charge in [0.1, 0.15) is 5.75 Å². The SMILES string of the molecule is COc1cc(Br)nc([N+](=O)[O-])c1. The Morgan fingerprint density at radius 3 is 2.83 bits per heavy atom. The lowest BCUT2D eigenvalue weighted by atomic mass is 10.4. The third kappa shape index (κ3) is 1.91. The van der Waals surface area contributed by atoms with Gasteiger partial charge in [0.15, 0.2) is 0 Å². The molecule has 0 unspecified atom stereocenters. The van der Waals surface area contributed by atoms with Crippen molar-refractivity contribution in [1.82, 2.24) is 4.98 Å². The van der Waals surface area contributed by atoms with Crippen molar-refractivity contribution < 1.29 is 9.66 Å². The van der Waals surface area contributed by atoms with Gasteiger partial charge in [-0.1, -0.05) is 0 Å². The molecule has 0 spiro atoms. The van der Waals surface area contributed by atoms with Gasteiger partial charge in [0, 0.05) is 22.0 Å². The van der Waals surface area contributed by atoms with Crippen LogP contribution in [0.4, 0.5) is 5.82 Å². The van der Waals surface area contributed by atoms with Crippen LogP contribution in [0.25, 0.3) is 0 Å². The number of nitrogens with zero attached hydrogens (tertiary/aromatic N) is 2. The monoisotopic (exact) mass is 232 g/mol. The summed E-state index contributed by atoms with van der Waals surface area (Å²) in [6, 6.07) is 2.80. The van der Waals surface area contributed by atoms with Gasteiger partial charge >= 0.3 is 5.82 Å². The Labute approximate surface area is 76.7 Å². The van der Waals surface area contributed by atoms with Crippen LogP contribution in [0.5, 0.6) is 5.75 Å². The third-order valence-corrected chi connectivity index (χ3v) is 1.58. The maximum Gasteiger partial charge on any atom is 0.368 e. The van der Waals surface area contributed by atoms with E-state index in [0.29, 0.717) is 10.4 Å². The molecule has 0 radical (unpaired) electrons. The molecule has 6 heteroatoms. The van der Waals surface area contributed by atoms with E-state index < -0.39 is 4.92 Å². The number of aromatic nitrogens is 1. The summed E-state index contributed by atoms with van der Waals surface area (Å²) in [6.07, 6.45) is 0. The molecule has 5 nitrogen and oxygen atoms in total. The average Bonchev–Trinajstić information content (AvgIpc) is 2.03. The number of ether oxygens (including phenoxy) is 1. The van der Waals surface area contributed by atoms with Gasteiger partial charge in [-0.2, -0.15) is 0 Å². The van der Waals surface area contributed by atoms with Crippen molar-refractivity contribution in [3.05, 3.63) is 26.9 Å². The van der Waals surface area contributed by atoms with Crippen molar-refractivity contribution in [2.75, 3.05) is 7.11 Å². The van der Waals surface area contributed by atoms with E-state index in [4.69, 9.17) is 4.74 Å². The standard InChI is InChI=1S/C6H5BrN2O3/c1-12-4-2-5(7)8-6(3-4)9(10)11/h2-3H,1H3. The summed E-state index contributed by atoms with van der Waals surface area (Å²) < 4.78 is 5.19. The number of halogens is 1. The molecule has 0 aliphatic heterocycles. The number of nitro groups is 1. The molecule has 0 aliphatic rings. The Morgan fingerprint density at radius 1 is 1.67 bits per heavy atom. The van der Waals surface area contributed by atoms with Gasteiger partial charge in [-0.25, -0.2) is 0 Å². The van der Waals surface area contributed by atoms with Crippen molar-refractivity contribution in [2.24, 2.45) is 0 Å². The highest BCUT2D eigenvalue weighted by atomic mass is 79.9. The van der Waals surface area contributed by atoms with E-state index in [0.717, 1.165) is 0 Å². The van der Waals surface area contributed by atoms with Crippen LogP contribution < -0.4 is 4.74 Å². The van der Waals surface area contributed by atoms with Gasteiger partial charge in [-0.05, 0) is 9.91 Å². The second-order valence-electron chi connectivity index (χ2n) is 1.95. The molecular weight excluding hydrogens is 228 g/mol. The molecule has 0 N–H and O–H groups in total. The Kier molecular flexibility index (Phi) is 2.59. The van der Waals surface area contributed by atoms with Crippen LogP contribution in [-0.4, -0.2) is 17.0 Å². The molecule has 1 heterocycles. The van der Waals surface area contributed by atoms with Crippen LogP contribution in [0.3, 0.4) is 0 Å². The van der Waals surface area contributed by atoms with E-state index in [-0.39, 0.29) is 5.82 Å². The van der Waals surface area contributed by atoms with Gasteiger partial charge in [-0.15, -0.1) is 0 Å². The van der Waals surface area contributed by atoms with E-state index in [9.17, 15) is 10.1 Å². The largest absolute Gasteiger partial charge is 0.496 e. The molecule has 0 atom stereocenters. The van der Waals surface area contributed by atoms with Crippen LogP contribution >= 0.6 is 15.9 Å². The molecule has 1 aromatic heterocycles. The molecule has 64 valence electrons. The predicted molar refractivity (Wildman–Crippen MR) is 45.1 cm³/mol. The van der Waals surface area contributed by atoms with Crippen LogP contribution in [0, 0.1) is 10.1 Å². The molecule has 0 fully saturated rings. The third-order valence-electron chi connectivity index (χ3n) is 1.18. The number of pyridine rings is 1. The molecule has 0 aromatic carbocycles. The van der Waals surface area contributed by atoms with Crippen molar-refractivity contribution >= 4 is 21.7 Å². The fourth-order valence-electron chi connectivity index (χ4n) is 0.672. The molecule has 1 aromatic rings. The van der Waals surface area contributed by atoms with Gasteiger partial charge in [0.25, 0.3) is 0 Å². The molecule has 0 aliphatic carbocycles. The summed E-state index contributed by atoms with van der Waals surface area (Å²) in [6.45, 7) is 0. The minimum absolute atomic E-state index is 0.235. The summed E-state index contributed by atoms with van der Waals surface area (Å²) in [4.78, 5) is 13.3. The lowest BCUT2D eigenvalue weighted by Crippen LogP contribution is -1.93. The lowest BCUT2D eigenvalue weighted by molar-refractivity contribution is -0.389. The van der Waals surface area contributed by atoms with Gasteiger partial charge < -0.3 is 14.9 Å². The quantitative estimate of drug-likeness (QED) is 0.443. The van der Waals surface area contributed by atoms with E-state index >= 15 is 0 Å². The first-order valence-electron chi connectivity index (χ1n) is 2.99. The van der Waals surface area contributed by atoms with E-state index in [1.54, 1.807) is 6.07 Å². The molecule has 1 rings (SSSR count). The highest BCUT2D eigenvalue weighted by molar-refractivity contribution is 9.10. The van der Waals surface area contributed by atoms with Crippen molar-refractivity contribution in [1.29, 1.82) is 0 Å². The minimum Gasteiger partial charge on any atom is -0.496 e. The second kappa shape index (κ2) is 3.48. The summed E-state index contributed by atoms with van der Waals surface area (Å²) in [5.74, 6) is 0.171. The van der Waals surface area contributed by atoms with Gasteiger partial charge in [-0.3, -0.25) is 0 Å². The zero-order chi connectivity index (χ0) is 9.14. The number of methoxy groups -OCH3 is 1. The van der Waals surface area contributed by atoms with Crippen LogP contribution in [0.15, 0.2) is 16.7 Å². The van der Waals surface area contributed by atoms with E-state index in [2.05, 4.69) is 20.9 Å². The van der Waals surface area contributed by atoms with E-state index in [1.807, 2.05) is 0 Å². The van der Waals surface area contributed by atoms with Crippen LogP contribution in [0.1, 0.15) is 0 Å². The van der Waals surface area contributed by atoms with Crippen molar-refractivity contribution in [2.45, 2.75) is 0 Å². The Bertz CT molecular complexity index is 316. The maximum atomic E-state index is 10.3. The van der Waals surface area contributed by atoms with Crippen LogP contribution in [0.2, 0.25) is 0 Å². The number of hydrogen-bond acceptors (Lipinski definition) is 4. The highest BCUT2D eigenvalue weighted by Gasteiger charge is 2.11. The second-order valence-corrected chi connectivity index (χ2v) is 2.76. The Morgan fingerprint density at radius 2 is 2.33 bits per heavy atom. The first-order chi connectivity index (χ1) is 5.63. The van der Waals surface area contributed by atoms with Gasteiger partial charge in [0.05, 0.1) is 13.2 Å². The zero-order valence-electron chi connectivity index (χ0n) is 6.15. The molecule has 0 bridgehead atoms. The summed E-state index contributed by atoms with van der Waals surface area (Å²) >= 11 is 3.03. The summed E-state index contributed by atoms with van der Waals surface area (Å²) in [7, 11) is 1.44. The minimum atomic E-state index is -0.576. The zero-order valence-corrected chi connectivity index (χ0v) is 7.74. The average molecular weight is 233 g/mol. The topological polar surface area (TPSA) is 65.3 Å². The maximum absolute atomic E-state index is 10.3. The molecule has 12 heavy (non-hydrogen) atoms. The fraction of sp³-hybridized carbons (Fsp3) is 0.167. The van der Waals surface area contributed by atoms with Crippen LogP contribution in [-0.2, 0) is 0 Å². The summed E-state index contributed by atoms with van der Waals surface area (Å²) in [5.41, 5.74) is 0. The number of rotatable bonds is 2. The Balaban J connectivity index is 3.15. The number of hydrogen-bond donors (Lipinski definition) is 0. The normalized spacial score (nSPS) is 9.50. The summed E-state index contributed by atoms with van der Waals surface area (Å²) in [5, 5.41) is 10.3. The lowest BCUT2D eigenvalue weighted by Gasteiger charge is -1.97. The first kappa shape index (κ1) is 8.92. The highest BCUT2D eigenvalue weighted by Crippen LogP contribution is 2.21. The first-order valence-corrected chi connectivity index (χ1v) is 3.79. The predicted octanol–water partition coefficient (Wildman–Crippen LogP) is 1.76. The molecular formula is C6H5BrN2O3. The molecule has 0 saturated carbocycles. The smallest absolute Gasteiger partial charge is 0.368 e. The van der Waals surface area contributed by atoms with E-state index in [1.165, 1.54) is 13.2 Å². The van der Waals surface area contributed by atoms with Crippen molar-refractivity contribution in [3.8, 4) is 5.75 Å². The van der Waals surface area contributed by atoms with Gasteiger partial charge in [0.2, 0.25) is 4.60 Å².